The lowest BCUT2D eigenvalue weighted by molar-refractivity contribution is 0.344. The van der Waals surface area contributed by atoms with Crippen LogP contribution >= 0.6 is 24.0 Å². The fraction of sp³-hybridized carbons (Fsp3) is 0.133. The predicted octanol–water partition coefficient (Wildman–Crippen LogP) is 3.49. The second-order valence-electron chi connectivity index (χ2n) is 3.90. The lowest BCUT2D eigenvalue weighted by atomic mass is 10.2. The van der Waals surface area contributed by atoms with Crippen LogP contribution in [-0.4, -0.2) is 17.3 Å². The van der Waals surface area contributed by atoms with E-state index < -0.39 is 0 Å². The maximum atomic E-state index is 5.68. The molecule has 0 saturated heterocycles. The number of benzene rings is 2. The summed E-state index contributed by atoms with van der Waals surface area (Å²) in [4.78, 5) is 1.65. The zero-order valence-corrected chi connectivity index (χ0v) is 12.0. The lowest BCUT2D eigenvalue weighted by Crippen LogP contribution is -2.09. The molecule has 0 aliphatic rings. The molecule has 0 unspecified atom stereocenters. The molecule has 0 saturated carbocycles. The first-order chi connectivity index (χ1) is 9.25. The molecule has 0 heterocycles. The van der Waals surface area contributed by atoms with E-state index in [0.717, 1.165) is 17.1 Å². The van der Waals surface area contributed by atoms with Gasteiger partial charge in [0.25, 0.3) is 0 Å². The van der Waals surface area contributed by atoms with Crippen LogP contribution in [0.15, 0.2) is 59.5 Å². The van der Waals surface area contributed by atoms with Crippen LogP contribution in [0.25, 0.3) is 0 Å². The average molecular weight is 289 g/mol. The number of nitrogens with two attached hydrogens (primary N) is 1. The molecule has 2 aromatic rings. The van der Waals surface area contributed by atoms with Gasteiger partial charge in [0.1, 0.15) is 10.7 Å². The van der Waals surface area contributed by atoms with Crippen LogP contribution in [0, 0.1) is 0 Å². The second-order valence-corrected chi connectivity index (χ2v) is 5.51. The van der Waals surface area contributed by atoms with E-state index in [1.54, 1.807) is 11.8 Å². The Labute approximate surface area is 123 Å². The molecule has 0 radical (unpaired) electrons. The molecule has 0 fully saturated rings. The minimum atomic E-state index is 0.393. The lowest BCUT2D eigenvalue weighted by Gasteiger charge is -2.07. The molecular formula is C15H15NOS2. The van der Waals surface area contributed by atoms with Gasteiger partial charge >= 0.3 is 0 Å². The third kappa shape index (κ3) is 4.58. The van der Waals surface area contributed by atoms with E-state index in [4.69, 9.17) is 22.7 Å². The van der Waals surface area contributed by atoms with Crippen molar-refractivity contribution in [1.82, 2.24) is 0 Å². The normalized spacial score (nSPS) is 10.1. The molecule has 0 aromatic heterocycles. The van der Waals surface area contributed by atoms with Crippen LogP contribution in [0.3, 0.4) is 0 Å². The zero-order chi connectivity index (χ0) is 13.5. The number of ether oxygens (including phenoxy) is 1. The highest BCUT2D eigenvalue weighted by molar-refractivity contribution is 7.99. The van der Waals surface area contributed by atoms with Crippen LogP contribution in [0.4, 0.5) is 0 Å². The third-order valence-electron chi connectivity index (χ3n) is 2.48. The van der Waals surface area contributed by atoms with Crippen molar-refractivity contribution < 1.29 is 4.74 Å². The predicted molar refractivity (Wildman–Crippen MR) is 85.0 cm³/mol. The molecule has 0 amide bonds. The molecule has 0 spiro atoms. The minimum Gasteiger partial charge on any atom is -0.493 e. The third-order valence-corrected chi connectivity index (χ3v) is 3.69. The molecule has 0 aliphatic carbocycles. The van der Waals surface area contributed by atoms with Gasteiger partial charge in [-0.2, -0.15) is 0 Å². The second kappa shape index (κ2) is 7.16. The summed E-state index contributed by atoms with van der Waals surface area (Å²) in [5.41, 5.74) is 6.42. The van der Waals surface area contributed by atoms with Crippen molar-refractivity contribution in [2.45, 2.75) is 4.90 Å². The van der Waals surface area contributed by atoms with Crippen molar-refractivity contribution in [3.63, 3.8) is 0 Å². The number of hydrogen-bond donors (Lipinski definition) is 1. The van der Waals surface area contributed by atoms with E-state index in [1.807, 2.05) is 42.5 Å². The van der Waals surface area contributed by atoms with E-state index in [0.29, 0.717) is 11.6 Å². The summed E-state index contributed by atoms with van der Waals surface area (Å²) in [5, 5.41) is 0. The first kappa shape index (κ1) is 13.9. The average Bonchev–Trinajstić information content (AvgIpc) is 2.45. The maximum Gasteiger partial charge on any atom is 0.120 e. The van der Waals surface area contributed by atoms with Crippen molar-refractivity contribution in [3.05, 3.63) is 60.2 Å². The van der Waals surface area contributed by atoms with Crippen LogP contribution in [-0.2, 0) is 0 Å². The van der Waals surface area contributed by atoms with Crippen LogP contribution in [0.2, 0.25) is 0 Å². The van der Waals surface area contributed by atoms with Crippen molar-refractivity contribution in [2.24, 2.45) is 5.73 Å². The maximum absolute atomic E-state index is 5.68. The van der Waals surface area contributed by atoms with E-state index in [-0.39, 0.29) is 0 Å². The first-order valence-electron chi connectivity index (χ1n) is 5.96. The topological polar surface area (TPSA) is 35.2 Å². The Morgan fingerprint density at radius 1 is 1.11 bits per heavy atom. The summed E-state index contributed by atoms with van der Waals surface area (Å²) in [6.45, 7) is 0.653. The quantitative estimate of drug-likeness (QED) is 0.501. The van der Waals surface area contributed by atoms with Crippen molar-refractivity contribution in [1.29, 1.82) is 0 Å². The summed E-state index contributed by atoms with van der Waals surface area (Å²) in [6.07, 6.45) is 0. The minimum absolute atomic E-state index is 0.393. The van der Waals surface area contributed by atoms with Crippen LogP contribution < -0.4 is 10.5 Å². The number of thiocarbonyl (C=S) groups is 1. The van der Waals surface area contributed by atoms with Gasteiger partial charge in [-0.25, -0.2) is 0 Å². The Morgan fingerprint density at radius 3 is 2.63 bits per heavy atom. The van der Waals surface area contributed by atoms with Crippen molar-refractivity contribution in [3.8, 4) is 5.75 Å². The Morgan fingerprint density at radius 2 is 1.89 bits per heavy atom. The summed E-state index contributed by atoms with van der Waals surface area (Å²) in [6, 6.07) is 17.8. The summed E-state index contributed by atoms with van der Waals surface area (Å²) in [5.74, 6) is 1.71. The highest BCUT2D eigenvalue weighted by Crippen LogP contribution is 2.18. The van der Waals surface area contributed by atoms with Gasteiger partial charge in [0.15, 0.2) is 0 Å². The van der Waals surface area contributed by atoms with E-state index in [9.17, 15) is 0 Å². The highest BCUT2D eigenvalue weighted by Gasteiger charge is 1.99. The molecule has 0 aliphatic heterocycles. The Balaban J connectivity index is 1.80. The van der Waals surface area contributed by atoms with Gasteiger partial charge in [0, 0.05) is 16.2 Å². The smallest absolute Gasteiger partial charge is 0.120 e. The molecule has 2 nitrogen and oxygen atoms in total. The van der Waals surface area contributed by atoms with E-state index in [1.165, 1.54) is 4.90 Å². The van der Waals surface area contributed by atoms with Gasteiger partial charge < -0.3 is 10.5 Å². The molecule has 0 atom stereocenters. The van der Waals surface area contributed by atoms with Crippen LogP contribution in [0.1, 0.15) is 5.56 Å². The van der Waals surface area contributed by atoms with Gasteiger partial charge in [-0.1, -0.05) is 42.5 Å². The van der Waals surface area contributed by atoms with Crippen molar-refractivity contribution in [2.75, 3.05) is 12.4 Å². The number of rotatable bonds is 6. The Kier molecular flexibility index (Phi) is 5.24. The van der Waals surface area contributed by atoms with Crippen molar-refractivity contribution >= 4 is 29.0 Å². The van der Waals surface area contributed by atoms with Gasteiger partial charge in [0.05, 0.1) is 6.61 Å². The number of hydrogen-bond acceptors (Lipinski definition) is 3. The van der Waals surface area contributed by atoms with Gasteiger partial charge in [0.2, 0.25) is 0 Å². The SMILES string of the molecule is NC(=S)c1cccc(OCCSc2ccccc2)c1. The molecule has 4 heteroatoms. The molecule has 2 aromatic carbocycles. The van der Waals surface area contributed by atoms with Gasteiger partial charge in [-0.15, -0.1) is 11.8 Å². The van der Waals surface area contributed by atoms with Crippen LogP contribution in [0.5, 0.6) is 5.75 Å². The van der Waals surface area contributed by atoms with E-state index in [2.05, 4.69) is 12.1 Å². The molecule has 98 valence electrons. The van der Waals surface area contributed by atoms with E-state index >= 15 is 0 Å². The number of thioether (sulfide) groups is 1. The van der Waals surface area contributed by atoms with Gasteiger partial charge in [-0.05, 0) is 24.3 Å². The zero-order valence-electron chi connectivity index (χ0n) is 10.4. The Hall–Kier alpha value is -1.52. The molecule has 2 N–H and O–H groups in total. The molecule has 0 bridgehead atoms. The standard InChI is InChI=1S/C15H15NOS2/c16-15(18)12-5-4-6-13(11-12)17-9-10-19-14-7-2-1-3-8-14/h1-8,11H,9-10H2,(H2,16,18). The fourth-order valence-electron chi connectivity index (χ4n) is 1.57. The summed E-state index contributed by atoms with van der Waals surface area (Å²) < 4.78 is 5.68. The Bertz CT molecular complexity index is 543. The molecule has 19 heavy (non-hydrogen) atoms. The highest BCUT2D eigenvalue weighted by atomic mass is 32.2. The summed E-state index contributed by atoms with van der Waals surface area (Å²) in [7, 11) is 0. The fourth-order valence-corrected chi connectivity index (χ4v) is 2.45. The monoisotopic (exact) mass is 289 g/mol. The largest absolute Gasteiger partial charge is 0.493 e. The molecular weight excluding hydrogens is 274 g/mol. The first-order valence-corrected chi connectivity index (χ1v) is 7.35. The molecule has 2 rings (SSSR count). The summed E-state index contributed by atoms with van der Waals surface area (Å²) >= 11 is 6.71. The van der Waals surface area contributed by atoms with Gasteiger partial charge in [-0.3, -0.25) is 0 Å².